The fourth-order valence-corrected chi connectivity index (χ4v) is 2.08. The topological polar surface area (TPSA) is 66.7 Å². The van der Waals surface area contributed by atoms with Crippen LogP contribution >= 0.6 is 11.6 Å². The van der Waals surface area contributed by atoms with Gasteiger partial charge in [-0.15, -0.1) is 0 Å². The molecular formula is C13H11ClN4. The zero-order chi connectivity index (χ0) is 12.5. The van der Waals surface area contributed by atoms with Crippen LogP contribution in [0.4, 0.5) is 17.1 Å². The third kappa shape index (κ3) is 1.87. The molecule has 0 fully saturated rings. The first kappa shape index (κ1) is 10.9. The number of nitrogen functional groups attached to an aromatic ring is 1. The maximum atomic E-state index is 6.14. The molecule has 0 unspecified atom stereocenters. The SMILES string of the molecule is Nc1ccc(Nc2ccnc3[nH]ccc23)c(Cl)c1. The maximum absolute atomic E-state index is 6.14. The van der Waals surface area contributed by atoms with Gasteiger partial charge < -0.3 is 16.0 Å². The average molecular weight is 259 g/mol. The molecule has 90 valence electrons. The lowest BCUT2D eigenvalue weighted by atomic mass is 10.2. The Morgan fingerprint density at radius 1 is 1.17 bits per heavy atom. The second kappa shape index (κ2) is 4.23. The van der Waals surface area contributed by atoms with Gasteiger partial charge in [0.2, 0.25) is 0 Å². The monoisotopic (exact) mass is 258 g/mol. The lowest BCUT2D eigenvalue weighted by molar-refractivity contribution is 1.32. The number of nitrogens with zero attached hydrogens (tertiary/aromatic N) is 1. The minimum absolute atomic E-state index is 0.593. The number of benzene rings is 1. The molecule has 0 bridgehead atoms. The number of nitrogens with two attached hydrogens (primary N) is 1. The van der Waals surface area contributed by atoms with E-state index >= 15 is 0 Å². The van der Waals surface area contributed by atoms with Crippen molar-refractivity contribution in [3.8, 4) is 0 Å². The smallest absolute Gasteiger partial charge is 0.139 e. The average Bonchev–Trinajstić information content (AvgIpc) is 2.82. The summed E-state index contributed by atoms with van der Waals surface area (Å²) in [6.45, 7) is 0. The van der Waals surface area contributed by atoms with E-state index in [0.29, 0.717) is 10.7 Å². The standard InChI is InChI=1S/C13H11ClN4/c14-10-7-8(15)1-2-12(10)18-11-4-6-17-13-9(11)3-5-16-13/h1-7H,15H2,(H2,16,17,18). The van der Waals surface area contributed by atoms with Gasteiger partial charge in [0.25, 0.3) is 0 Å². The third-order valence-electron chi connectivity index (χ3n) is 2.72. The van der Waals surface area contributed by atoms with Crippen LogP contribution in [0.15, 0.2) is 42.7 Å². The van der Waals surface area contributed by atoms with Gasteiger partial charge in [-0.05, 0) is 30.3 Å². The largest absolute Gasteiger partial charge is 0.399 e. The molecule has 4 nitrogen and oxygen atoms in total. The number of pyridine rings is 1. The first-order chi connectivity index (χ1) is 8.74. The summed E-state index contributed by atoms with van der Waals surface area (Å²) in [6, 6.07) is 9.26. The number of anilines is 3. The van der Waals surface area contributed by atoms with Crippen molar-refractivity contribution in [2.24, 2.45) is 0 Å². The first-order valence-corrected chi connectivity index (χ1v) is 5.86. The molecule has 0 atom stereocenters. The van der Waals surface area contributed by atoms with Crippen molar-refractivity contribution < 1.29 is 0 Å². The van der Waals surface area contributed by atoms with E-state index in [0.717, 1.165) is 22.4 Å². The lowest BCUT2D eigenvalue weighted by Gasteiger charge is -2.09. The van der Waals surface area contributed by atoms with Gasteiger partial charge in [0.05, 0.1) is 16.4 Å². The van der Waals surface area contributed by atoms with Gasteiger partial charge in [-0.2, -0.15) is 0 Å². The number of halogens is 1. The predicted octanol–water partition coefficient (Wildman–Crippen LogP) is 3.54. The van der Waals surface area contributed by atoms with Crippen LogP contribution in [0.1, 0.15) is 0 Å². The molecule has 0 aliphatic heterocycles. The van der Waals surface area contributed by atoms with Gasteiger partial charge in [0.1, 0.15) is 5.65 Å². The van der Waals surface area contributed by atoms with E-state index in [-0.39, 0.29) is 0 Å². The molecular weight excluding hydrogens is 248 g/mol. The molecule has 18 heavy (non-hydrogen) atoms. The molecule has 2 heterocycles. The summed E-state index contributed by atoms with van der Waals surface area (Å²) in [5.41, 5.74) is 8.92. The van der Waals surface area contributed by atoms with Crippen molar-refractivity contribution in [2.45, 2.75) is 0 Å². The number of hydrogen-bond donors (Lipinski definition) is 3. The van der Waals surface area contributed by atoms with Gasteiger partial charge in [0, 0.05) is 23.5 Å². The van der Waals surface area contributed by atoms with Crippen LogP contribution in [0.5, 0.6) is 0 Å². The molecule has 0 saturated heterocycles. The van der Waals surface area contributed by atoms with Crippen molar-refractivity contribution in [2.75, 3.05) is 11.1 Å². The molecule has 0 aliphatic rings. The number of fused-ring (bicyclic) bond motifs is 1. The van der Waals surface area contributed by atoms with E-state index in [4.69, 9.17) is 17.3 Å². The zero-order valence-electron chi connectivity index (χ0n) is 9.44. The highest BCUT2D eigenvalue weighted by atomic mass is 35.5. The molecule has 3 aromatic rings. The molecule has 2 aromatic heterocycles. The molecule has 0 amide bonds. The Morgan fingerprint density at radius 2 is 2.06 bits per heavy atom. The van der Waals surface area contributed by atoms with Gasteiger partial charge in [0.15, 0.2) is 0 Å². The molecule has 5 heteroatoms. The zero-order valence-corrected chi connectivity index (χ0v) is 10.2. The third-order valence-corrected chi connectivity index (χ3v) is 3.04. The van der Waals surface area contributed by atoms with E-state index in [2.05, 4.69) is 15.3 Å². The van der Waals surface area contributed by atoms with Crippen LogP contribution in [0, 0.1) is 0 Å². The van der Waals surface area contributed by atoms with Gasteiger partial charge in [-0.1, -0.05) is 11.6 Å². The highest BCUT2D eigenvalue weighted by Gasteiger charge is 2.05. The van der Waals surface area contributed by atoms with Crippen molar-refractivity contribution in [1.82, 2.24) is 9.97 Å². The fourth-order valence-electron chi connectivity index (χ4n) is 1.85. The molecule has 0 spiro atoms. The molecule has 1 aromatic carbocycles. The normalized spacial score (nSPS) is 10.7. The van der Waals surface area contributed by atoms with Crippen LogP contribution in [0.2, 0.25) is 5.02 Å². The maximum Gasteiger partial charge on any atom is 0.139 e. The number of aromatic nitrogens is 2. The first-order valence-electron chi connectivity index (χ1n) is 5.48. The van der Waals surface area contributed by atoms with Crippen LogP contribution in [0.3, 0.4) is 0 Å². The van der Waals surface area contributed by atoms with Crippen LogP contribution < -0.4 is 11.1 Å². The van der Waals surface area contributed by atoms with E-state index in [1.165, 1.54) is 0 Å². The summed E-state index contributed by atoms with van der Waals surface area (Å²) in [5, 5.41) is 4.89. The molecule has 0 aliphatic carbocycles. The number of H-pyrrole nitrogens is 1. The highest BCUT2D eigenvalue weighted by Crippen LogP contribution is 2.30. The predicted molar refractivity (Wildman–Crippen MR) is 75.2 cm³/mol. The van der Waals surface area contributed by atoms with Crippen molar-refractivity contribution in [3.63, 3.8) is 0 Å². The minimum atomic E-state index is 0.593. The van der Waals surface area contributed by atoms with E-state index in [1.54, 1.807) is 12.3 Å². The second-order valence-electron chi connectivity index (χ2n) is 3.96. The lowest BCUT2D eigenvalue weighted by Crippen LogP contribution is -1.93. The van der Waals surface area contributed by atoms with Crippen LogP contribution in [-0.4, -0.2) is 9.97 Å². The van der Waals surface area contributed by atoms with Crippen LogP contribution in [0.25, 0.3) is 11.0 Å². The van der Waals surface area contributed by atoms with E-state index < -0.39 is 0 Å². The van der Waals surface area contributed by atoms with Gasteiger partial charge >= 0.3 is 0 Å². The highest BCUT2D eigenvalue weighted by molar-refractivity contribution is 6.33. The Bertz CT molecular complexity index is 705. The summed E-state index contributed by atoms with van der Waals surface area (Å²) >= 11 is 6.14. The second-order valence-corrected chi connectivity index (χ2v) is 4.37. The van der Waals surface area contributed by atoms with Crippen molar-refractivity contribution in [1.29, 1.82) is 0 Å². The Hall–Kier alpha value is -2.20. The molecule has 4 N–H and O–H groups in total. The van der Waals surface area contributed by atoms with Gasteiger partial charge in [-0.3, -0.25) is 0 Å². The Morgan fingerprint density at radius 3 is 2.89 bits per heavy atom. The van der Waals surface area contributed by atoms with E-state index in [9.17, 15) is 0 Å². The number of rotatable bonds is 2. The Balaban J connectivity index is 2.03. The van der Waals surface area contributed by atoms with E-state index in [1.807, 2.05) is 30.5 Å². The number of nitrogens with one attached hydrogen (secondary N) is 2. The summed E-state index contributed by atoms with van der Waals surface area (Å²) < 4.78 is 0. The summed E-state index contributed by atoms with van der Waals surface area (Å²) in [7, 11) is 0. The number of hydrogen-bond acceptors (Lipinski definition) is 3. The molecule has 0 saturated carbocycles. The summed E-state index contributed by atoms with van der Waals surface area (Å²) in [6.07, 6.45) is 3.60. The molecule has 0 radical (unpaired) electrons. The Kier molecular flexibility index (Phi) is 2.57. The number of aromatic amines is 1. The Labute approximate surface area is 109 Å². The van der Waals surface area contributed by atoms with Gasteiger partial charge in [-0.25, -0.2) is 4.98 Å². The summed E-state index contributed by atoms with van der Waals surface area (Å²) in [4.78, 5) is 7.30. The van der Waals surface area contributed by atoms with Crippen molar-refractivity contribution in [3.05, 3.63) is 47.7 Å². The quantitative estimate of drug-likeness (QED) is 0.616. The van der Waals surface area contributed by atoms with Crippen molar-refractivity contribution >= 4 is 39.7 Å². The van der Waals surface area contributed by atoms with Crippen LogP contribution in [-0.2, 0) is 0 Å². The minimum Gasteiger partial charge on any atom is -0.399 e. The summed E-state index contributed by atoms with van der Waals surface area (Å²) in [5.74, 6) is 0. The fraction of sp³-hybridized carbons (Fsp3) is 0. The molecule has 3 rings (SSSR count).